The Balaban J connectivity index is 2.44. The lowest BCUT2D eigenvalue weighted by molar-refractivity contribution is -0.144. The Morgan fingerprint density at radius 2 is 2.00 bits per heavy atom. The fraction of sp³-hybridized carbons (Fsp3) is 0.154. The van der Waals surface area contributed by atoms with Crippen LogP contribution >= 0.6 is 0 Å². The van der Waals surface area contributed by atoms with Crippen molar-refractivity contribution in [3.63, 3.8) is 0 Å². The molecule has 0 saturated heterocycles. The monoisotopic (exact) mass is 293 g/mol. The van der Waals surface area contributed by atoms with Crippen LogP contribution in [0.4, 0.5) is 30.5 Å². The van der Waals surface area contributed by atoms with Gasteiger partial charge in [-0.2, -0.15) is 18.4 Å². The maximum absolute atomic E-state index is 12.6. The first-order valence-corrected chi connectivity index (χ1v) is 5.80. The molecule has 5 nitrogen and oxygen atoms in total. The molecule has 1 aromatic carbocycles. The molecule has 108 valence electrons. The van der Waals surface area contributed by atoms with E-state index in [1.165, 1.54) is 6.07 Å². The zero-order chi connectivity index (χ0) is 15.6. The van der Waals surface area contributed by atoms with Crippen LogP contribution in [-0.4, -0.2) is 9.97 Å². The number of halogens is 3. The third kappa shape index (κ3) is 3.20. The number of nitrogens with zero attached hydrogens (tertiary/aromatic N) is 3. The molecule has 0 aliphatic carbocycles. The molecule has 0 aliphatic rings. The molecule has 0 atom stereocenters. The molecular weight excluding hydrogens is 283 g/mol. The first-order valence-electron chi connectivity index (χ1n) is 5.80. The molecule has 0 unspecified atom stereocenters. The van der Waals surface area contributed by atoms with Gasteiger partial charge in [0.05, 0.1) is 11.3 Å². The van der Waals surface area contributed by atoms with E-state index in [0.717, 1.165) is 0 Å². The van der Waals surface area contributed by atoms with E-state index in [9.17, 15) is 13.2 Å². The maximum Gasteiger partial charge on any atom is 0.451 e. The Labute approximate surface area is 118 Å². The summed E-state index contributed by atoms with van der Waals surface area (Å²) in [7, 11) is 0. The van der Waals surface area contributed by atoms with Crippen LogP contribution in [0, 0.1) is 18.3 Å². The third-order valence-corrected chi connectivity index (χ3v) is 2.65. The summed E-state index contributed by atoms with van der Waals surface area (Å²) >= 11 is 0. The Kier molecular flexibility index (Phi) is 3.67. The highest BCUT2D eigenvalue weighted by molar-refractivity contribution is 5.67. The number of aromatic nitrogens is 2. The van der Waals surface area contributed by atoms with Gasteiger partial charge in [0.1, 0.15) is 17.7 Å². The highest BCUT2D eigenvalue weighted by Crippen LogP contribution is 2.29. The molecule has 2 rings (SSSR count). The van der Waals surface area contributed by atoms with Crippen molar-refractivity contribution < 1.29 is 13.2 Å². The number of nitriles is 1. The van der Waals surface area contributed by atoms with Crippen LogP contribution in [0.25, 0.3) is 0 Å². The molecule has 0 amide bonds. The summed E-state index contributed by atoms with van der Waals surface area (Å²) in [5.41, 5.74) is 6.72. The van der Waals surface area contributed by atoms with Crippen molar-refractivity contribution >= 4 is 17.3 Å². The fourth-order valence-electron chi connectivity index (χ4n) is 1.72. The first kappa shape index (κ1) is 14.6. The fourth-order valence-corrected chi connectivity index (χ4v) is 1.72. The summed E-state index contributed by atoms with van der Waals surface area (Å²) in [6, 6.07) is 8.11. The van der Waals surface area contributed by atoms with Crippen molar-refractivity contribution in [1.82, 2.24) is 9.97 Å². The summed E-state index contributed by atoms with van der Waals surface area (Å²) < 4.78 is 37.9. The lowest BCUT2D eigenvalue weighted by atomic mass is 10.1. The van der Waals surface area contributed by atoms with Crippen LogP contribution in [0.1, 0.15) is 17.0 Å². The average molecular weight is 293 g/mol. The van der Waals surface area contributed by atoms with Crippen LogP contribution in [-0.2, 0) is 6.18 Å². The highest BCUT2D eigenvalue weighted by atomic mass is 19.4. The average Bonchev–Trinajstić information content (AvgIpc) is 2.37. The molecule has 0 bridgehead atoms. The number of hydrogen-bond acceptors (Lipinski definition) is 5. The number of benzene rings is 1. The van der Waals surface area contributed by atoms with Crippen molar-refractivity contribution in [3.8, 4) is 6.07 Å². The lowest BCUT2D eigenvalue weighted by Gasteiger charge is -2.11. The lowest BCUT2D eigenvalue weighted by Crippen LogP contribution is -2.13. The normalized spacial score (nSPS) is 11.0. The second kappa shape index (κ2) is 5.28. The topological polar surface area (TPSA) is 87.6 Å². The second-order valence-corrected chi connectivity index (χ2v) is 4.23. The minimum Gasteiger partial charge on any atom is -0.384 e. The van der Waals surface area contributed by atoms with Gasteiger partial charge >= 0.3 is 6.18 Å². The van der Waals surface area contributed by atoms with Crippen LogP contribution in [0.2, 0.25) is 0 Å². The number of hydrogen-bond donors (Lipinski definition) is 2. The molecular formula is C13H10F3N5. The van der Waals surface area contributed by atoms with E-state index in [4.69, 9.17) is 11.0 Å². The number of nitrogens with one attached hydrogen (secondary N) is 1. The van der Waals surface area contributed by atoms with Crippen LogP contribution < -0.4 is 11.1 Å². The number of alkyl halides is 3. The molecule has 8 heteroatoms. The number of nitrogens with two attached hydrogens (primary N) is 1. The van der Waals surface area contributed by atoms with Gasteiger partial charge in [0, 0.05) is 6.07 Å². The molecule has 0 radical (unpaired) electrons. The van der Waals surface area contributed by atoms with Crippen molar-refractivity contribution in [2.24, 2.45) is 0 Å². The molecule has 21 heavy (non-hydrogen) atoms. The van der Waals surface area contributed by atoms with Crippen LogP contribution in [0.15, 0.2) is 24.3 Å². The van der Waals surface area contributed by atoms with Crippen molar-refractivity contribution in [2.45, 2.75) is 13.1 Å². The molecule has 0 aliphatic heterocycles. The molecule has 0 saturated carbocycles. The van der Waals surface area contributed by atoms with E-state index in [-0.39, 0.29) is 11.6 Å². The van der Waals surface area contributed by atoms with E-state index in [1.54, 1.807) is 25.1 Å². The summed E-state index contributed by atoms with van der Waals surface area (Å²) in [4.78, 5) is 6.51. The zero-order valence-corrected chi connectivity index (χ0v) is 10.9. The SMILES string of the molecule is Cc1cccc(Nc2cc(N)nc(C(F)(F)F)n2)c1C#N. The molecule has 1 aromatic heterocycles. The Bertz CT molecular complexity index is 719. The minimum atomic E-state index is -4.70. The molecule has 1 heterocycles. The van der Waals surface area contributed by atoms with Crippen LogP contribution in [0.3, 0.4) is 0 Å². The first-order chi connectivity index (χ1) is 9.81. The quantitative estimate of drug-likeness (QED) is 0.888. The minimum absolute atomic E-state index is 0.128. The standard InChI is InChI=1S/C13H10F3N5/c1-7-3-2-4-9(8(7)6-17)19-11-5-10(18)20-12(21-11)13(14,15)16/h2-5H,1H3,(H3,18,19,20,21). The van der Waals surface area contributed by atoms with Crippen LogP contribution in [0.5, 0.6) is 0 Å². The third-order valence-electron chi connectivity index (χ3n) is 2.65. The highest BCUT2D eigenvalue weighted by Gasteiger charge is 2.35. The van der Waals surface area contributed by atoms with Gasteiger partial charge in [-0.25, -0.2) is 9.97 Å². The predicted molar refractivity (Wildman–Crippen MR) is 70.6 cm³/mol. The van der Waals surface area contributed by atoms with Gasteiger partial charge < -0.3 is 11.1 Å². The van der Waals surface area contributed by atoms with E-state index in [0.29, 0.717) is 16.8 Å². The Hall–Kier alpha value is -2.82. The zero-order valence-electron chi connectivity index (χ0n) is 10.9. The summed E-state index contributed by atoms with van der Waals surface area (Å²) in [6.07, 6.45) is -4.70. The number of rotatable bonds is 2. The van der Waals surface area contributed by atoms with E-state index in [2.05, 4.69) is 15.3 Å². The van der Waals surface area contributed by atoms with E-state index < -0.39 is 12.0 Å². The molecule has 0 spiro atoms. The Morgan fingerprint density at radius 1 is 1.29 bits per heavy atom. The number of aryl methyl sites for hydroxylation is 1. The predicted octanol–water partition coefficient (Wildman–Crippen LogP) is 3.00. The van der Waals surface area contributed by atoms with Gasteiger partial charge in [0.2, 0.25) is 5.82 Å². The summed E-state index contributed by atoms with van der Waals surface area (Å²) in [5.74, 6) is -1.78. The second-order valence-electron chi connectivity index (χ2n) is 4.23. The summed E-state index contributed by atoms with van der Waals surface area (Å²) in [5, 5.41) is 11.8. The Morgan fingerprint density at radius 3 is 2.62 bits per heavy atom. The van der Waals surface area contributed by atoms with Crippen molar-refractivity contribution in [2.75, 3.05) is 11.1 Å². The van der Waals surface area contributed by atoms with Gasteiger partial charge in [-0.15, -0.1) is 0 Å². The van der Waals surface area contributed by atoms with Crippen molar-refractivity contribution in [1.29, 1.82) is 5.26 Å². The van der Waals surface area contributed by atoms with E-state index in [1.807, 2.05) is 6.07 Å². The van der Waals surface area contributed by atoms with Crippen molar-refractivity contribution in [3.05, 3.63) is 41.2 Å². The summed E-state index contributed by atoms with van der Waals surface area (Å²) in [6.45, 7) is 1.72. The van der Waals surface area contributed by atoms with Gasteiger partial charge in [-0.05, 0) is 18.6 Å². The van der Waals surface area contributed by atoms with Gasteiger partial charge in [-0.3, -0.25) is 0 Å². The van der Waals surface area contributed by atoms with Gasteiger partial charge in [0.15, 0.2) is 0 Å². The maximum atomic E-state index is 12.6. The van der Waals surface area contributed by atoms with Gasteiger partial charge in [-0.1, -0.05) is 12.1 Å². The van der Waals surface area contributed by atoms with Gasteiger partial charge in [0.25, 0.3) is 0 Å². The molecule has 3 N–H and O–H groups in total. The smallest absolute Gasteiger partial charge is 0.384 e. The number of anilines is 3. The van der Waals surface area contributed by atoms with E-state index >= 15 is 0 Å². The molecule has 0 fully saturated rings. The number of nitrogen functional groups attached to an aromatic ring is 1. The largest absolute Gasteiger partial charge is 0.451 e. The molecule has 2 aromatic rings.